The minimum absolute atomic E-state index is 0.207. The molecular weight excluding hydrogens is 623 g/mol. The van der Waals surface area contributed by atoms with Crippen LogP contribution in [-0.2, 0) is 0 Å². The van der Waals surface area contributed by atoms with Gasteiger partial charge in [-0.1, -0.05) is 46.3 Å². The van der Waals surface area contributed by atoms with Crippen LogP contribution in [0, 0.1) is 10.4 Å². The highest BCUT2D eigenvalue weighted by Gasteiger charge is 2.27. The maximum Gasteiger partial charge on any atom is 0.270 e. The minimum atomic E-state index is -0.267. The lowest BCUT2D eigenvalue weighted by Crippen LogP contribution is -2.32. The number of hydrogen-bond donors (Lipinski definition) is 0. The van der Waals surface area contributed by atoms with Gasteiger partial charge in [0.05, 0.1) is 44.0 Å². The average molecular weight is 640 g/mol. The van der Waals surface area contributed by atoms with Gasteiger partial charge in [0.15, 0.2) is 12.4 Å². The van der Waals surface area contributed by atoms with Crippen molar-refractivity contribution in [2.24, 2.45) is 0 Å². The van der Waals surface area contributed by atoms with Crippen molar-refractivity contribution in [3.8, 4) is 32.3 Å². The third kappa shape index (κ3) is 5.42. The zero-order valence-corrected chi connectivity index (χ0v) is 24.6. The molecule has 4 aromatic heterocycles. The van der Waals surface area contributed by atoms with Crippen LogP contribution < -0.4 is 20.6 Å². The first-order valence-corrected chi connectivity index (χ1v) is 15.0. The molecule has 0 unspecified atom stereocenters. The molecule has 0 bridgehead atoms. The van der Waals surface area contributed by atoms with E-state index in [1.807, 2.05) is 0 Å². The lowest BCUT2D eigenvalue weighted by molar-refractivity contribution is -0.651. The molecule has 0 N–H and O–H groups in total. The molecule has 0 aliphatic carbocycles. The Kier molecular flexibility index (Phi) is 7.45. The maximum atomic E-state index is 13.1. The third-order valence-electron chi connectivity index (χ3n) is 5.97. The van der Waals surface area contributed by atoms with E-state index >= 15 is 0 Å². The Balaban J connectivity index is 1.42. The molecular formula is C28H16Cl2N4O4S3. The summed E-state index contributed by atoms with van der Waals surface area (Å²) in [7, 11) is 0. The van der Waals surface area contributed by atoms with Crippen molar-refractivity contribution in [1.29, 1.82) is 0 Å². The molecule has 0 aliphatic rings. The predicted molar refractivity (Wildman–Crippen MR) is 163 cm³/mol. The summed E-state index contributed by atoms with van der Waals surface area (Å²) in [6.07, 6.45) is 2.66. The van der Waals surface area contributed by atoms with Gasteiger partial charge in [-0.25, -0.2) is 7.91 Å². The summed E-state index contributed by atoms with van der Waals surface area (Å²) in [4.78, 5) is 26.8. The lowest BCUT2D eigenvalue weighted by atomic mass is 10.2. The van der Waals surface area contributed by atoms with E-state index in [9.17, 15) is 20.0 Å². The van der Waals surface area contributed by atoms with E-state index in [0.717, 1.165) is 11.8 Å². The Bertz CT molecular complexity index is 1870. The second kappa shape index (κ2) is 11.2. The summed E-state index contributed by atoms with van der Waals surface area (Å²) in [5, 5.41) is 27.7. The molecule has 0 fully saturated rings. The fourth-order valence-electron chi connectivity index (χ4n) is 4.06. The van der Waals surface area contributed by atoms with Gasteiger partial charge in [0.25, 0.3) is 21.2 Å². The van der Waals surface area contributed by atoms with Crippen LogP contribution >= 0.6 is 58.0 Å². The van der Waals surface area contributed by atoms with Crippen LogP contribution in [0.25, 0.3) is 32.3 Å². The van der Waals surface area contributed by atoms with Crippen LogP contribution in [0.2, 0.25) is 10.0 Å². The second-order valence-corrected chi connectivity index (χ2v) is 12.5. The summed E-state index contributed by atoms with van der Waals surface area (Å²) in [6, 6.07) is 23.2. The van der Waals surface area contributed by atoms with Gasteiger partial charge in [-0.15, -0.1) is 0 Å². The van der Waals surface area contributed by atoms with Crippen molar-refractivity contribution in [2.75, 3.05) is 0 Å². The quantitative estimate of drug-likeness (QED) is 0.160. The molecule has 4 heterocycles. The predicted octanol–water partition coefficient (Wildman–Crippen LogP) is 6.17. The van der Waals surface area contributed by atoms with E-state index in [0.29, 0.717) is 51.8 Å². The molecule has 6 rings (SSSR count). The van der Waals surface area contributed by atoms with Gasteiger partial charge in [0.1, 0.15) is 0 Å². The number of halogens is 2. The van der Waals surface area contributed by atoms with E-state index in [4.69, 9.17) is 23.2 Å². The van der Waals surface area contributed by atoms with Crippen molar-refractivity contribution < 1.29 is 9.46 Å². The number of nitrogens with zero attached hydrogens (tertiary/aromatic N) is 4. The molecule has 2 aromatic carbocycles. The van der Waals surface area contributed by atoms with E-state index in [-0.39, 0.29) is 21.2 Å². The summed E-state index contributed by atoms with van der Waals surface area (Å²) in [6.45, 7) is 0. The number of aromatic nitrogens is 4. The first kappa shape index (κ1) is 27.3. The van der Waals surface area contributed by atoms with Gasteiger partial charge >= 0.3 is 0 Å². The summed E-state index contributed by atoms with van der Waals surface area (Å²) in [5.74, 6) is 0. The van der Waals surface area contributed by atoms with E-state index in [2.05, 4.69) is 0 Å². The van der Waals surface area contributed by atoms with Crippen LogP contribution in [0.15, 0.2) is 117 Å². The molecule has 13 heteroatoms. The minimum Gasteiger partial charge on any atom is -0.618 e. The molecule has 0 saturated heterocycles. The van der Waals surface area contributed by atoms with Gasteiger partial charge in [-0.05, 0) is 60.7 Å². The maximum absolute atomic E-state index is 13.1. The van der Waals surface area contributed by atoms with Gasteiger partial charge < -0.3 is 10.4 Å². The SMILES string of the molecule is O=c1cc(-c2ccc[n+]([O-])c2Sc2c(-c3cc(=O)n(-c4ccc(Cl)cc4)s3)ccc[n+]2[O-])sn1-c1ccc(Cl)cc1. The molecule has 0 amide bonds. The number of benzene rings is 2. The van der Waals surface area contributed by atoms with Crippen molar-refractivity contribution in [3.05, 3.63) is 138 Å². The summed E-state index contributed by atoms with van der Waals surface area (Å²) < 4.78 is 4.33. The standard InChI is InChI=1S/C28H16Cl2N4O4S3/c29-17-5-9-19(10-6-17)33-25(35)15-23(40-33)21-3-1-13-31(37)27(21)39-28-22(4-2-14-32(28)38)24-16-26(36)34(41-24)20-11-7-18(30)8-12-20/h1-16H. The van der Waals surface area contributed by atoms with E-state index in [1.165, 1.54) is 55.5 Å². The fourth-order valence-corrected chi connectivity index (χ4v) is 7.47. The number of pyridine rings is 2. The van der Waals surface area contributed by atoms with Crippen molar-refractivity contribution in [2.45, 2.75) is 10.1 Å². The Hall–Kier alpha value is -3.87. The summed E-state index contributed by atoms with van der Waals surface area (Å²) >= 11 is 15.3. The van der Waals surface area contributed by atoms with Crippen molar-refractivity contribution in [1.82, 2.24) is 7.91 Å². The van der Waals surface area contributed by atoms with Gasteiger partial charge in [-0.2, -0.15) is 9.46 Å². The fraction of sp³-hybridized carbons (Fsp3) is 0. The Morgan fingerprint density at radius 2 is 1.02 bits per heavy atom. The topological polar surface area (TPSA) is 97.9 Å². The van der Waals surface area contributed by atoms with Crippen LogP contribution in [0.4, 0.5) is 0 Å². The van der Waals surface area contributed by atoms with Gasteiger partial charge in [0, 0.05) is 34.3 Å². The van der Waals surface area contributed by atoms with Crippen LogP contribution in [0.1, 0.15) is 0 Å². The Labute approximate surface area is 255 Å². The molecule has 8 nitrogen and oxygen atoms in total. The molecule has 0 atom stereocenters. The second-order valence-electron chi connectivity index (χ2n) is 8.63. The number of rotatable bonds is 6. The molecule has 0 spiro atoms. The third-order valence-corrected chi connectivity index (χ3v) is 9.87. The lowest BCUT2D eigenvalue weighted by Gasteiger charge is -2.10. The van der Waals surface area contributed by atoms with Crippen LogP contribution in [0.3, 0.4) is 0 Å². The van der Waals surface area contributed by atoms with E-state index < -0.39 is 0 Å². The van der Waals surface area contributed by atoms with Crippen molar-refractivity contribution in [3.63, 3.8) is 0 Å². The number of hydrogen-bond acceptors (Lipinski definition) is 7. The largest absolute Gasteiger partial charge is 0.618 e. The molecule has 204 valence electrons. The Morgan fingerprint density at radius 3 is 1.41 bits per heavy atom. The molecule has 6 aromatic rings. The first-order chi connectivity index (χ1) is 19.8. The van der Waals surface area contributed by atoms with Crippen LogP contribution in [-0.4, -0.2) is 7.91 Å². The highest BCUT2D eigenvalue weighted by atomic mass is 35.5. The smallest absolute Gasteiger partial charge is 0.270 e. The zero-order valence-electron chi connectivity index (χ0n) is 20.6. The zero-order chi connectivity index (χ0) is 28.7. The molecule has 0 radical (unpaired) electrons. The first-order valence-electron chi connectivity index (χ1n) is 11.9. The van der Waals surface area contributed by atoms with Crippen molar-refractivity contribution >= 4 is 58.0 Å². The molecule has 0 saturated carbocycles. The Morgan fingerprint density at radius 1 is 0.634 bits per heavy atom. The van der Waals surface area contributed by atoms with Gasteiger partial charge in [0.2, 0.25) is 0 Å². The van der Waals surface area contributed by atoms with E-state index in [1.54, 1.807) is 72.8 Å². The highest BCUT2D eigenvalue weighted by molar-refractivity contribution is 7.99. The van der Waals surface area contributed by atoms with Crippen LogP contribution in [0.5, 0.6) is 0 Å². The summed E-state index contributed by atoms with van der Waals surface area (Å²) in [5.41, 5.74) is 1.72. The highest BCUT2D eigenvalue weighted by Crippen LogP contribution is 2.39. The van der Waals surface area contributed by atoms with Gasteiger partial charge in [-0.3, -0.25) is 9.59 Å². The monoisotopic (exact) mass is 638 g/mol. The average Bonchev–Trinajstić information content (AvgIpc) is 3.54. The molecule has 41 heavy (non-hydrogen) atoms. The molecule has 0 aliphatic heterocycles. The normalized spacial score (nSPS) is 11.2.